The summed E-state index contributed by atoms with van der Waals surface area (Å²) in [5.74, 6) is 7.03. The maximum Gasteiger partial charge on any atom is 0.120 e. The van der Waals surface area contributed by atoms with Crippen molar-refractivity contribution >= 4 is 16.6 Å². The van der Waals surface area contributed by atoms with Crippen molar-refractivity contribution in [2.24, 2.45) is 0 Å². The van der Waals surface area contributed by atoms with E-state index in [1.165, 1.54) is 0 Å². The molecule has 118 valence electrons. The molecule has 4 nitrogen and oxygen atoms in total. The van der Waals surface area contributed by atoms with E-state index >= 15 is 0 Å². The van der Waals surface area contributed by atoms with Gasteiger partial charge in [-0.15, -0.1) is 0 Å². The molecule has 0 unspecified atom stereocenters. The summed E-state index contributed by atoms with van der Waals surface area (Å²) in [6, 6.07) is 15.4. The highest BCUT2D eigenvalue weighted by Crippen LogP contribution is 2.28. The van der Waals surface area contributed by atoms with Crippen molar-refractivity contribution in [2.45, 2.75) is 13.5 Å². The fourth-order valence-electron chi connectivity index (χ4n) is 2.73. The van der Waals surface area contributed by atoms with Crippen LogP contribution in [-0.4, -0.2) is 11.7 Å². The van der Waals surface area contributed by atoms with Crippen LogP contribution in [0.15, 0.2) is 42.5 Å². The minimum atomic E-state index is 0.595. The summed E-state index contributed by atoms with van der Waals surface area (Å²) in [6.07, 6.45) is 0. The second-order valence-electron chi connectivity index (χ2n) is 5.33. The highest BCUT2D eigenvalue weighted by atomic mass is 16.5. The second kappa shape index (κ2) is 6.40. The quantitative estimate of drug-likeness (QED) is 0.581. The highest BCUT2D eigenvalue weighted by molar-refractivity contribution is 5.90. The van der Waals surface area contributed by atoms with Crippen molar-refractivity contribution in [1.82, 2.24) is 4.57 Å². The molecule has 0 radical (unpaired) electrons. The third-order valence-corrected chi connectivity index (χ3v) is 3.94. The first kappa shape index (κ1) is 15.5. The van der Waals surface area contributed by atoms with Gasteiger partial charge in [0.05, 0.1) is 18.2 Å². The third-order valence-electron chi connectivity index (χ3n) is 3.94. The SMILES string of the molecule is CCn1c(C#Cc2ccc(N)cc2)c(C#N)c2ccc(OC)cc21. The number of nitrogens with zero attached hydrogens (tertiary/aromatic N) is 2. The molecule has 4 heteroatoms. The average Bonchev–Trinajstić information content (AvgIpc) is 2.92. The van der Waals surface area contributed by atoms with E-state index in [1.54, 1.807) is 7.11 Å². The summed E-state index contributed by atoms with van der Waals surface area (Å²) >= 11 is 0. The van der Waals surface area contributed by atoms with Gasteiger partial charge in [0.2, 0.25) is 0 Å². The van der Waals surface area contributed by atoms with Gasteiger partial charge in [0, 0.05) is 29.2 Å². The van der Waals surface area contributed by atoms with Gasteiger partial charge in [-0.1, -0.05) is 5.92 Å². The number of benzene rings is 2. The van der Waals surface area contributed by atoms with E-state index in [9.17, 15) is 5.26 Å². The fraction of sp³-hybridized carbons (Fsp3) is 0.150. The number of anilines is 1. The monoisotopic (exact) mass is 315 g/mol. The van der Waals surface area contributed by atoms with Crippen molar-refractivity contribution in [2.75, 3.05) is 12.8 Å². The molecule has 24 heavy (non-hydrogen) atoms. The van der Waals surface area contributed by atoms with Crippen LogP contribution >= 0.6 is 0 Å². The molecule has 1 aromatic heterocycles. The van der Waals surface area contributed by atoms with Gasteiger partial charge in [-0.3, -0.25) is 0 Å². The van der Waals surface area contributed by atoms with Crippen molar-refractivity contribution < 1.29 is 4.74 Å². The first-order valence-electron chi connectivity index (χ1n) is 7.65. The Morgan fingerprint density at radius 3 is 2.50 bits per heavy atom. The number of nitriles is 1. The molecule has 0 fully saturated rings. The summed E-state index contributed by atoms with van der Waals surface area (Å²) < 4.78 is 7.34. The van der Waals surface area contributed by atoms with Crippen LogP contribution in [0.1, 0.15) is 23.7 Å². The van der Waals surface area contributed by atoms with E-state index in [-0.39, 0.29) is 0 Å². The van der Waals surface area contributed by atoms with Crippen molar-refractivity contribution in [3.05, 3.63) is 59.3 Å². The molecule has 0 spiro atoms. The summed E-state index contributed by atoms with van der Waals surface area (Å²) in [6.45, 7) is 2.76. The number of hydrogen-bond donors (Lipinski definition) is 1. The third kappa shape index (κ3) is 2.66. The molecule has 0 bridgehead atoms. The summed E-state index contributed by atoms with van der Waals surface area (Å²) in [4.78, 5) is 0. The van der Waals surface area contributed by atoms with E-state index < -0.39 is 0 Å². The van der Waals surface area contributed by atoms with Crippen LogP contribution in [0, 0.1) is 23.2 Å². The van der Waals surface area contributed by atoms with Crippen LogP contribution in [0.3, 0.4) is 0 Å². The molecule has 2 aromatic carbocycles. The molecule has 2 N–H and O–H groups in total. The number of fused-ring (bicyclic) bond motifs is 1. The number of methoxy groups -OCH3 is 1. The van der Waals surface area contributed by atoms with Gasteiger partial charge in [-0.2, -0.15) is 5.26 Å². The van der Waals surface area contributed by atoms with Crippen molar-refractivity contribution in [1.29, 1.82) is 5.26 Å². The lowest BCUT2D eigenvalue weighted by molar-refractivity contribution is 0.415. The first-order valence-corrected chi connectivity index (χ1v) is 7.65. The Labute approximate surface area is 141 Å². The zero-order valence-corrected chi connectivity index (χ0v) is 13.6. The van der Waals surface area contributed by atoms with E-state index in [4.69, 9.17) is 10.5 Å². The molecule has 0 aliphatic carbocycles. The average molecular weight is 315 g/mol. The van der Waals surface area contributed by atoms with Gasteiger partial charge in [-0.05, 0) is 49.2 Å². The molecule has 0 aliphatic heterocycles. The van der Waals surface area contributed by atoms with Crippen LogP contribution in [-0.2, 0) is 6.54 Å². The van der Waals surface area contributed by atoms with E-state index in [0.29, 0.717) is 11.3 Å². The Morgan fingerprint density at radius 1 is 1.12 bits per heavy atom. The normalized spacial score (nSPS) is 10.0. The molecule has 0 saturated heterocycles. The maximum absolute atomic E-state index is 9.61. The lowest BCUT2D eigenvalue weighted by atomic mass is 10.1. The number of aromatic nitrogens is 1. The van der Waals surface area contributed by atoms with Crippen LogP contribution in [0.25, 0.3) is 10.9 Å². The topological polar surface area (TPSA) is 64.0 Å². The summed E-state index contributed by atoms with van der Waals surface area (Å²) in [7, 11) is 1.63. The van der Waals surface area contributed by atoms with Crippen molar-refractivity contribution in [3.8, 4) is 23.7 Å². The molecule has 0 saturated carbocycles. The number of ether oxygens (including phenoxy) is 1. The lowest BCUT2D eigenvalue weighted by Gasteiger charge is -2.04. The first-order chi connectivity index (χ1) is 11.7. The summed E-state index contributed by atoms with van der Waals surface area (Å²) in [5.41, 5.74) is 9.53. The lowest BCUT2D eigenvalue weighted by Crippen LogP contribution is -1.98. The Kier molecular flexibility index (Phi) is 4.14. The Bertz CT molecular complexity index is 996. The predicted octanol–water partition coefficient (Wildman–Crippen LogP) is 3.52. The van der Waals surface area contributed by atoms with Gasteiger partial charge in [0.15, 0.2) is 0 Å². The van der Waals surface area contributed by atoms with Gasteiger partial charge in [0.1, 0.15) is 17.5 Å². The zero-order chi connectivity index (χ0) is 17.1. The van der Waals surface area contributed by atoms with Gasteiger partial charge in [0.25, 0.3) is 0 Å². The molecule has 3 aromatic rings. The number of hydrogen-bond acceptors (Lipinski definition) is 3. The smallest absolute Gasteiger partial charge is 0.120 e. The number of nitrogen functional groups attached to an aromatic ring is 1. The standard InChI is InChI=1S/C20H17N3O/c1-3-23-19(11-6-14-4-7-15(22)8-5-14)18(13-21)17-10-9-16(24-2)12-20(17)23/h4-5,7-10,12H,3,22H2,1-2H3. The zero-order valence-electron chi connectivity index (χ0n) is 13.6. The number of aryl methyl sites for hydroxylation is 1. The van der Waals surface area contributed by atoms with Gasteiger partial charge >= 0.3 is 0 Å². The number of rotatable bonds is 2. The Hall–Kier alpha value is -3.37. The molecule has 1 heterocycles. The van der Waals surface area contributed by atoms with Crippen LogP contribution in [0.2, 0.25) is 0 Å². The Morgan fingerprint density at radius 2 is 1.88 bits per heavy atom. The molecule has 0 amide bonds. The highest BCUT2D eigenvalue weighted by Gasteiger charge is 2.15. The van der Waals surface area contributed by atoms with Crippen molar-refractivity contribution in [3.63, 3.8) is 0 Å². The Balaban J connectivity index is 2.20. The molecule has 0 atom stereocenters. The minimum absolute atomic E-state index is 0.595. The maximum atomic E-state index is 9.61. The molecular formula is C20H17N3O. The number of nitrogens with two attached hydrogens (primary N) is 1. The van der Waals surface area contributed by atoms with E-state index in [2.05, 4.69) is 17.9 Å². The van der Waals surface area contributed by atoms with Gasteiger partial charge in [-0.25, -0.2) is 0 Å². The molecule has 0 aliphatic rings. The predicted molar refractivity (Wildman–Crippen MR) is 95.7 cm³/mol. The van der Waals surface area contributed by atoms with E-state index in [1.807, 2.05) is 54.0 Å². The molecule has 3 rings (SSSR count). The van der Waals surface area contributed by atoms with E-state index in [0.717, 1.165) is 34.5 Å². The minimum Gasteiger partial charge on any atom is -0.497 e. The van der Waals surface area contributed by atoms with Crippen LogP contribution in [0.4, 0.5) is 5.69 Å². The largest absolute Gasteiger partial charge is 0.497 e. The summed E-state index contributed by atoms with van der Waals surface area (Å²) in [5, 5.41) is 10.5. The van der Waals surface area contributed by atoms with Crippen LogP contribution in [0.5, 0.6) is 5.75 Å². The van der Waals surface area contributed by atoms with Gasteiger partial charge < -0.3 is 15.0 Å². The van der Waals surface area contributed by atoms with Crippen LogP contribution < -0.4 is 10.5 Å². The fourth-order valence-corrected chi connectivity index (χ4v) is 2.73. The second-order valence-corrected chi connectivity index (χ2v) is 5.33. The molecular weight excluding hydrogens is 298 g/mol.